The molecule has 2 aromatic carbocycles. The van der Waals surface area contributed by atoms with Crippen molar-refractivity contribution >= 4 is 21.8 Å². The number of aryl methyl sites for hydroxylation is 1. The van der Waals surface area contributed by atoms with Gasteiger partial charge in [-0.3, -0.25) is 9.69 Å². The Kier molecular flexibility index (Phi) is 7.99. The summed E-state index contributed by atoms with van der Waals surface area (Å²) in [4.78, 5) is 16.9. The predicted molar refractivity (Wildman–Crippen MR) is 120 cm³/mol. The van der Waals surface area contributed by atoms with E-state index in [1.54, 1.807) is 21.3 Å². The Morgan fingerprint density at radius 2 is 1.70 bits per heavy atom. The van der Waals surface area contributed by atoms with E-state index in [-0.39, 0.29) is 5.91 Å². The van der Waals surface area contributed by atoms with Crippen molar-refractivity contribution in [3.8, 4) is 17.2 Å². The first-order valence-corrected chi connectivity index (χ1v) is 10.9. The number of hydrogen-bond acceptors (Lipinski definition) is 5. The topological polar surface area (TPSA) is 51.2 Å². The van der Waals surface area contributed by atoms with Crippen molar-refractivity contribution in [2.24, 2.45) is 0 Å². The molecule has 1 heterocycles. The highest BCUT2D eigenvalue weighted by molar-refractivity contribution is 9.10. The van der Waals surface area contributed by atoms with Crippen LogP contribution in [-0.4, -0.2) is 63.2 Å². The van der Waals surface area contributed by atoms with Gasteiger partial charge in [0.05, 0.1) is 21.3 Å². The third-order valence-electron chi connectivity index (χ3n) is 5.42. The molecule has 162 valence electrons. The highest BCUT2D eigenvalue weighted by Gasteiger charge is 2.23. The average molecular weight is 477 g/mol. The monoisotopic (exact) mass is 476 g/mol. The van der Waals surface area contributed by atoms with E-state index in [1.165, 1.54) is 5.56 Å². The van der Waals surface area contributed by atoms with Crippen molar-refractivity contribution in [2.75, 3.05) is 47.5 Å². The van der Waals surface area contributed by atoms with Crippen molar-refractivity contribution in [1.82, 2.24) is 9.80 Å². The second kappa shape index (κ2) is 10.7. The van der Waals surface area contributed by atoms with E-state index in [9.17, 15) is 4.79 Å². The Bertz CT molecular complexity index is 866. The number of benzene rings is 2. The van der Waals surface area contributed by atoms with Gasteiger partial charge in [0.1, 0.15) is 0 Å². The lowest BCUT2D eigenvalue weighted by molar-refractivity contribution is -0.133. The fourth-order valence-corrected chi connectivity index (χ4v) is 4.23. The lowest BCUT2D eigenvalue weighted by atomic mass is 10.1. The zero-order chi connectivity index (χ0) is 21.5. The van der Waals surface area contributed by atoms with Gasteiger partial charge >= 0.3 is 0 Å². The molecule has 0 unspecified atom stereocenters. The maximum atomic E-state index is 12.6. The summed E-state index contributed by atoms with van der Waals surface area (Å²) in [5.41, 5.74) is 2.22. The number of halogens is 1. The number of amides is 1. The Labute approximate surface area is 186 Å². The van der Waals surface area contributed by atoms with E-state index in [1.807, 2.05) is 29.2 Å². The molecule has 0 spiro atoms. The molecule has 0 saturated carbocycles. The highest BCUT2D eigenvalue weighted by atomic mass is 79.9. The number of carbonyl (C=O) groups is 1. The molecule has 1 fully saturated rings. The summed E-state index contributed by atoms with van der Waals surface area (Å²) in [6, 6.07) is 12.0. The van der Waals surface area contributed by atoms with E-state index >= 15 is 0 Å². The molecule has 0 radical (unpaired) electrons. The first-order valence-electron chi connectivity index (χ1n) is 10.1. The molecule has 0 N–H and O–H groups in total. The van der Waals surface area contributed by atoms with Crippen LogP contribution < -0.4 is 14.2 Å². The molecule has 0 aromatic heterocycles. The molecule has 3 rings (SSSR count). The number of nitrogens with zero attached hydrogens (tertiary/aromatic N) is 2. The average Bonchev–Trinajstić information content (AvgIpc) is 2.77. The zero-order valence-electron chi connectivity index (χ0n) is 17.8. The van der Waals surface area contributed by atoms with E-state index in [0.717, 1.165) is 49.2 Å². The van der Waals surface area contributed by atoms with Crippen LogP contribution in [0.4, 0.5) is 0 Å². The van der Waals surface area contributed by atoms with Crippen LogP contribution in [-0.2, 0) is 17.8 Å². The van der Waals surface area contributed by atoms with Crippen molar-refractivity contribution < 1.29 is 19.0 Å². The quantitative estimate of drug-likeness (QED) is 0.580. The second-order valence-electron chi connectivity index (χ2n) is 7.28. The van der Waals surface area contributed by atoms with Crippen LogP contribution in [0.15, 0.2) is 40.9 Å². The summed E-state index contributed by atoms with van der Waals surface area (Å²) < 4.78 is 17.5. The van der Waals surface area contributed by atoms with Crippen molar-refractivity contribution in [1.29, 1.82) is 0 Å². The van der Waals surface area contributed by atoms with Gasteiger partial charge in [0.2, 0.25) is 11.7 Å². The standard InChI is InChI=1S/C23H29BrN2O4/c1-28-20-9-8-18(22(29-2)23(20)30-3)16-25-11-13-26(14-12-25)21(27)10-7-17-5-4-6-19(24)15-17/h4-6,8-9,15H,7,10-14,16H2,1-3H3. The summed E-state index contributed by atoms with van der Waals surface area (Å²) in [5, 5.41) is 0. The lowest BCUT2D eigenvalue weighted by Gasteiger charge is -2.35. The smallest absolute Gasteiger partial charge is 0.222 e. The molecule has 1 saturated heterocycles. The summed E-state index contributed by atoms with van der Waals surface area (Å²) in [6.45, 7) is 3.89. The van der Waals surface area contributed by atoms with Gasteiger partial charge in [-0.1, -0.05) is 34.1 Å². The Morgan fingerprint density at radius 3 is 2.33 bits per heavy atom. The van der Waals surface area contributed by atoms with E-state index < -0.39 is 0 Å². The summed E-state index contributed by atoms with van der Waals surface area (Å²) >= 11 is 3.48. The summed E-state index contributed by atoms with van der Waals surface area (Å²) in [6.07, 6.45) is 1.31. The Balaban J connectivity index is 1.54. The molecule has 7 heteroatoms. The summed E-state index contributed by atoms with van der Waals surface area (Å²) in [5.74, 6) is 2.18. The number of ether oxygens (including phenoxy) is 3. The molecule has 0 atom stereocenters. The maximum Gasteiger partial charge on any atom is 0.222 e. The van der Waals surface area contributed by atoms with Crippen LogP contribution in [0.2, 0.25) is 0 Å². The maximum absolute atomic E-state index is 12.6. The summed E-state index contributed by atoms with van der Waals surface area (Å²) in [7, 11) is 4.87. The predicted octanol–water partition coefficient (Wildman–Crippen LogP) is 3.75. The van der Waals surface area contributed by atoms with Crippen molar-refractivity contribution in [3.05, 3.63) is 52.0 Å². The minimum atomic E-state index is 0.221. The van der Waals surface area contributed by atoms with Crippen LogP contribution in [0.3, 0.4) is 0 Å². The van der Waals surface area contributed by atoms with Crippen molar-refractivity contribution in [2.45, 2.75) is 19.4 Å². The largest absolute Gasteiger partial charge is 0.493 e. The van der Waals surface area contributed by atoms with Gasteiger partial charge in [-0.05, 0) is 30.2 Å². The molecule has 0 bridgehead atoms. The molecule has 2 aromatic rings. The first kappa shape index (κ1) is 22.4. The molecule has 1 amide bonds. The van der Waals surface area contributed by atoms with Gasteiger partial charge in [0, 0.05) is 49.2 Å². The Hall–Kier alpha value is -2.25. The Morgan fingerprint density at radius 1 is 0.967 bits per heavy atom. The number of methoxy groups -OCH3 is 3. The molecular weight excluding hydrogens is 448 g/mol. The van der Waals surface area contributed by atoms with Crippen molar-refractivity contribution in [3.63, 3.8) is 0 Å². The highest BCUT2D eigenvalue weighted by Crippen LogP contribution is 2.40. The number of hydrogen-bond donors (Lipinski definition) is 0. The number of carbonyl (C=O) groups excluding carboxylic acids is 1. The van der Waals surface area contributed by atoms with Crippen LogP contribution in [0.25, 0.3) is 0 Å². The molecule has 1 aliphatic rings. The SMILES string of the molecule is COc1ccc(CN2CCN(C(=O)CCc3cccc(Br)c3)CC2)c(OC)c1OC. The van der Waals surface area contributed by atoms with Gasteiger partial charge in [-0.2, -0.15) is 0 Å². The minimum Gasteiger partial charge on any atom is -0.493 e. The van der Waals surface area contributed by atoms with E-state index in [0.29, 0.717) is 23.7 Å². The van der Waals surface area contributed by atoms with Gasteiger partial charge < -0.3 is 19.1 Å². The molecule has 30 heavy (non-hydrogen) atoms. The molecule has 1 aliphatic heterocycles. The third-order valence-corrected chi connectivity index (χ3v) is 5.91. The lowest BCUT2D eigenvalue weighted by Crippen LogP contribution is -2.48. The van der Waals surface area contributed by atoms with Crippen LogP contribution >= 0.6 is 15.9 Å². The number of piperazine rings is 1. The van der Waals surface area contributed by atoms with Crippen LogP contribution in [0, 0.1) is 0 Å². The molecule has 0 aliphatic carbocycles. The fraction of sp³-hybridized carbons (Fsp3) is 0.435. The minimum absolute atomic E-state index is 0.221. The normalized spacial score (nSPS) is 14.5. The van der Waals surface area contributed by atoms with Gasteiger partial charge in [-0.15, -0.1) is 0 Å². The van der Waals surface area contributed by atoms with Gasteiger partial charge in [0.15, 0.2) is 11.5 Å². The third kappa shape index (κ3) is 5.46. The van der Waals surface area contributed by atoms with Crippen LogP contribution in [0.1, 0.15) is 17.5 Å². The van der Waals surface area contributed by atoms with Crippen LogP contribution in [0.5, 0.6) is 17.2 Å². The van der Waals surface area contributed by atoms with E-state index in [2.05, 4.69) is 33.0 Å². The first-order chi connectivity index (χ1) is 14.5. The number of rotatable bonds is 8. The fourth-order valence-electron chi connectivity index (χ4n) is 3.79. The zero-order valence-corrected chi connectivity index (χ0v) is 19.4. The molecular formula is C23H29BrN2O4. The van der Waals surface area contributed by atoms with Gasteiger partial charge in [-0.25, -0.2) is 0 Å². The van der Waals surface area contributed by atoms with E-state index in [4.69, 9.17) is 14.2 Å². The second-order valence-corrected chi connectivity index (χ2v) is 8.20. The molecule has 6 nitrogen and oxygen atoms in total. The van der Waals surface area contributed by atoms with Gasteiger partial charge in [0.25, 0.3) is 0 Å².